The topological polar surface area (TPSA) is 34.4 Å². The van der Waals surface area contributed by atoms with Crippen molar-refractivity contribution in [1.82, 2.24) is 4.57 Å². The maximum Gasteiger partial charge on any atom is 0.279 e. The predicted molar refractivity (Wildman–Crippen MR) is 92.9 cm³/mol. The first-order valence-electron chi connectivity index (χ1n) is 7.11. The van der Waals surface area contributed by atoms with E-state index in [1.54, 1.807) is 12.1 Å². The second kappa shape index (κ2) is 6.91. The summed E-state index contributed by atoms with van der Waals surface area (Å²) in [6.45, 7) is 0.370. The molecule has 112 valence electrons. The number of nitrogens with zero attached hydrogens (tertiary/aromatic N) is 2. The molecule has 0 spiro atoms. The molecule has 0 bridgehead atoms. The van der Waals surface area contributed by atoms with Crippen LogP contribution in [0.25, 0.3) is 11.3 Å². The van der Waals surface area contributed by atoms with Crippen LogP contribution in [0.4, 0.5) is 0 Å². The van der Waals surface area contributed by atoms with Gasteiger partial charge in [-0.25, -0.2) is 0 Å². The number of benzene rings is 2. The molecular formula is C19H14N2OS. The number of hydrogen-bond donors (Lipinski definition) is 0. The summed E-state index contributed by atoms with van der Waals surface area (Å²) in [4.78, 5) is 17.1. The summed E-state index contributed by atoms with van der Waals surface area (Å²) in [5.74, 6) is 2.37. The Morgan fingerprint density at radius 1 is 1.09 bits per heavy atom. The standard InChI is InChI=1S/C19H14N2OS/c1-2-13-21-17(15-9-5-3-6-10-15)14-23-19(21)20-18(22)16-11-7-4-8-12-16/h1,3-12,14H,13H2/b20-19+. The zero-order valence-corrected chi connectivity index (χ0v) is 13.2. The lowest BCUT2D eigenvalue weighted by molar-refractivity contribution is 0.0998. The molecule has 0 unspecified atom stereocenters. The van der Waals surface area contributed by atoms with Gasteiger partial charge in [0.1, 0.15) is 0 Å². The third-order valence-electron chi connectivity index (χ3n) is 3.33. The van der Waals surface area contributed by atoms with Gasteiger partial charge in [-0.3, -0.25) is 4.79 Å². The summed E-state index contributed by atoms with van der Waals surface area (Å²) >= 11 is 1.41. The third-order valence-corrected chi connectivity index (χ3v) is 4.20. The molecule has 0 atom stereocenters. The fraction of sp³-hybridized carbons (Fsp3) is 0.0526. The number of hydrogen-bond acceptors (Lipinski definition) is 2. The number of aromatic nitrogens is 1. The van der Waals surface area contributed by atoms with E-state index in [2.05, 4.69) is 10.9 Å². The number of carbonyl (C=O) groups excluding carboxylic acids is 1. The summed E-state index contributed by atoms with van der Waals surface area (Å²) in [5, 5.41) is 1.98. The van der Waals surface area contributed by atoms with Gasteiger partial charge in [0.25, 0.3) is 5.91 Å². The highest BCUT2D eigenvalue weighted by Gasteiger charge is 2.09. The molecule has 0 N–H and O–H groups in total. The van der Waals surface area contributed by atoms with Crippen LogP contribution in [0.2, 0.25) is 0 Å². The fourth-order valence-corrected chi connectivity index (χ4v) is 3.14. The molecule has 1 heterocycles. The normalized spacial score (nSPS) is 11.2. The maximum atomic E-state index is 12.3. The van der Waals surface area contributed by atoms with Crippen molar-refractivity contribution in [2.45, 2.75) is 6.54 Å². The fourth-order valence-electron chi connectivity index (χ4n) is 2.23. The number of terminal acetylenes is 1. The van der Waals surface area contributed by atoms with E-state index in [1.165, 1.54) is 11.3 Å². The minimum Gasteiger partial charge on any atom is -0.305 e. The Morgan fingerprint density at radius 2 is 1.74 bits per heavy atom. The maximum absolute atomic E-state index is 12.3. The van der Waals surface area contributed by atoms with E-state index >= 15 is 0 Å². The first-order valence-corrected chi connectivity index (χ1v) is 7.99. The van der Waals surface area contributed by atoms with Crippen LogP contribution >= 0.6 is 11.3 Å². The van der Waals surface area contributed by atoms with Gasteiger partial charge in [-0.15, -0.1) is 17.8 Å². The Balaban J connectivity index is 2.07. The highest BCUT2D eigenvalue weighted by molar-refractivity contribution is 7.07. The van der Waals surface area contributed by atoms with Crippen LogP contribution in [0.1, 0.15) is 10.4 Å². The minimum absolute atomic E-state index is 0.266. The SMILES string of the molecule is C#CCn1c(-c2ccccc2)cs/c1=N/C(=O)c1ccccc1. The van der Waals surface area contributed by atoms with E-state index in [4.69, 9.17) is 6.42 Å². The van der Waals surface area contributed by atoms with Crippen LogP contribution in [0, 0.1) is 12.3 Å². The first kappa shape index (κ1) is 15.0. The average molecular weight is 318 g/mol. The lowest BCUT2D eigenvalue weighted by atomic mass is 10.2. The molecular weight excluding hydrogens is 304 g/mol. The Labute approximate surface area is 138 Å². The molecule has 0 aliphatic carbocycles. The summed E-state index contributed by atoms with van der Waals surface area (Å²) in [6.07, 6.45) is 5.48. The zero-order chi connectivity index (χ0) is 16.1. The van der Waals surface area contributed by atoms with Gasteiger partial charge in [-0.1, -0.05) is 54.5 Å². The van der Waals surface area contributed by atoms with Gasteiger partial charge in [0.05, 0.1) is 12.2 Å². The Kier molecular flexibility index (Phi) is 4.51. The lowest BCUT2D eigenvalue weighted by Gasteiger charge is -2.05. The van der Waals surface area contributed by atoms with Crippen LogP contribution in [0.15, 0.2) is 71.0 Å². The number of rotatable bonds is 3. The molecule has 3 rings (SSSR count). The van der Waals surface area contributed by atoms with Crippen molar-refractivity contribution in [3.8, 4) is 23.6 Å². The third kappa shape index (κ3) is 3.31. The van der Waals surface area contributed by atoms with Crippen LogP contribution in [0.5, 0.6) is 0 Å². The molecule has 0 aliphatic rings. The van der Waals surface area contributed by atoms with Gasteiger partial charge in [-0.05, 0) is 17.7 Å². The van der Waals surface area contributed by atoms with Gasteiger partial charge in [0, 0.05) is 10.9 Å². The van der Waals surface area contributed by atoms with Gasteiger partial charge in [0.2, 0.25) is 0 Å². The molecule has 1 aromatic heterocycles. The Bertz CT molecular complexity index is 915. The molecule has 3 nitrogen and oxygen atoms in total. The minimum atomic E-state index is -0.266. The highest BCUT2D eigenvalue weighted by Crippen LogP contribution is 2.19. The van der Waals surface area contributed by atoms with Gasteiger partial charge < -0.3 is 4.57 Å². The van der Waals surface area contributed by atoms with Crippen molar-refractivity contribution in [3.05, 3.63) is 76.4 Å². The second-order valence-electron chi connectivity index (χ2n) is 4.84. The van der Waals surface area contributed by atoms with Crippen LogP contribution in [-0.4, -0.2) is 10.5 Å². The molecule has 4 heteroatoms. The van der Waals surface area contributed by atoms with Crippen molar-refractivity contribution >= 4 is 17.2 Å². The molecule has 0 fully saturated rings. The van der Waals surface area contributed by atoms with Crippen LogP contribution < -0.4 is 4.80 Å². The van der Waals surface area contributed by atoms with Gasteiger partial charge in [-0.2, -0.15) is 4.99 Å². The second-order valence-corrected chi connectivity index (χ2v) is 5.68. The summed E-state index contributed by atoms with van der Waals surface area (Å²) < 4.78 is 1.89. The highest BCUT2D eigenvalue weighted by atomic mass is 32.1. The van der Waals surface area contributed by atoms with E-state index in [0.717, 1.165) is 11.3 Å². The van der Waals surface area contributed by atoms with E-state index in [0.29, 0.717) is 16.9 Å². The van der Waals surface area contributed by atoms with Crippen molar-refractivity contribution in [2.75, 3.05) is 0 Å². The smallest absolute Gasteiger partial charge is 0.279 e. The first-order chi connectivity index (χ1) is 11.3. The van der Waals surface area contributed by atoms with Crippen molar-refractivity contribution < 1.29 is 4.79 Å². The largest absolute Gasteiger partial charge is 0.305 e. The van der Waals surface area contributed by atoms with E-state index in [-0.39, 0.29) is 5.91 Å². The summed E-state index contributed by atoms with van der Waals surface area (Å²) in [7, 11) is 0. The van der Waals surface area contributed by atoms with Gasteiger partial charge in [0.15, 0.2) is 4.80 Å². The number of thiazole rings is 1. The van der Waals surface area contributed by atoms with Crippen molar-refractivity contribution in [1.29, 1.82) is 0 Å². The zero-order valence-electron chi connectivity index (χ0n) is 12.3. The monoisotopic (exact) mass is 318 g/mol. The molecule has 23 heavy (non-hydrogen) atoms. The predicted octanol–water partition coefficient (Wildman–Crippen LogP) is 3.59. The molecule has 0 aliphatic heterocycles. The van der Waals surface area contributed by atoms with Gasteiger partial charge >= 0.3 is 0 Å². The molecule has 0 saturated heterocycles. The molecule has 0 saturated carbocycles. The molecule has 2 aromatic carbocycles. The average Bonchev–Trinajstić information content (AvgIpc) is 2.99. The Hall–Kier alpha value is -2.90. The number of amides is 1. The number of carbonyl (C=O) groups is 1. The molecule has 1 amide bonds. The molecule has 3 aromatic rings. The Morgan fingerprint density at radius 3 is 2.39 bits per heavy atom. The quantitative estimate of drug-likeness (QED) is 0.680. The molecule has 0 radical (unpaired) electrons. The summed E-state index contributed by atoms with van der Waals surface area (Å²) in [6, 6.07) is 18.9. The van der Waals surface area contributed by atoms with Crippen molar-refractivity contribution in [3.63, 3.8) is 0 Å². The van der Waals surface area contributed by atoms with Crippen LogP contribution in [0.3, 0.4) is 0 Å². The van der Waals surface area contributed by atoms with E-state index in [1.807, 2.05) is 58.5 Å². The van der Waals surface area contributed by atoms with E-state index in [9.17, 15) is 4.79 Å². The lowest BCUT2D eigenvalue weighted by Crippen LogP contribution is -2.17. The van der Waals surface area contributed by atoms with Crippen LogP contribution in [-0.2, 0) is 6.54 Å². The van der Waals surface area contributed by atoms with E-state index < -0.39 is 0 Å². The van der Waals surface area contributed by atoms with Crippen molar-refractivity contribution in [2.24, 2.45) is 4.99 Å². The summed E-state index contributed by atoms with van der Waals surface area (Å²) in [5.41, 5.74) is 2.58.